The third kappa shape index (κ3) is 4.63. The van der Waals surface area contributed by atoms with Crippen LogP contribution in [0.1, 0.15) is 58.4 Å². The van der Waals surface area contributed by atoms with E-state index >= 15 is 0 Å². The number of carbonyl (C=O) groups excluding carboxylic acids is 2. The molecule has 2 amide bonds. The molecule has 8 nitrogen and oxygen atoms in total. The number of carbonyl (C=O) groups is 3. The van der Waals surface area contributed by atoms with Gasteiger partial charge in [-0.05, 0) is 75.5 Å². The molecule has 2 aromatic carbocycles. The Morgan fingerprint density at radius 3 is 2.24 bits per heavy atom. The fourth-order valence-corrected chi connectivity index (χ4v) is 5.21. The second kappa shape index (κ2) is 9.85. The maximum absolute atomic E-state index is 12.7. The Labute approximate surface area is 199 Å². The van der Waals surface area contributed by atoms with Gasteiger partial charge in [-0.25, -0.2) is 4.79 Å². The molecule has 180 valence electrons. The summed E-state index contributed by atoms with van der Waals surface area (Å²) in [6.07, 6.45) is 4.56. The Hall–Kier alpha value is -3.39. The number of hydrogen-bond acceptors (Lipinski definition) is 5. The fraction of sp³-hybridized carbons (Fsp3) is 0.423. The van der Waals surface area contributed by atoms with Gasteiger partial charge in [0, 0.05) is 24.3 Å². The van der Waals surface area contributed by atoms with E-state index < -0.39 is 11.5 Å². The summed E-state index contributed by atoms with van der Waals surface area (Å²) < 4.78 is 0. The third-order valence-corrected chi connectivity index (χ3v) is 7.25. The Bertz CT molecular complexity index is 1090. The van der Waals surface area contributed by atoms with Gasteiger partial charge in [0.25, 0.3) is 5.91 Å². The number of anilines is 2. The smallest absolute Gasteiger partial charge is 0.337 e. The van der Waals surface area contributed by atoms with Gasteiger partial charge in [-0.2, -0.15) is 0 Å². The number of primary amides is 1. The number of likely N-dealkylation sites (tertiary alicyclic amines) is 1. The molecule has 2 fully saturated rings. The highest BCUT2D eigenvalue weighted by atomic mass is 16.4. The summed E-state index contributed by atoms with van der Waals surface area (Å²) in [6, 6.07) is 12.2. The number of nitrogens with one attached hydrogen (secondary N) is 1. The van der Waals surface area contributed by atoms with Crippen molar-refractivity contribution in [2.45, 2.75) is 44.6 Å². The lowest BCUT2D eigenvalue weighted by Gasteiger charge is -2.48. The molecule has 0 atom stereocenters. The molecule has 34 heavy (non-hydrogen) atoms. The van der Waals surface area contributed by atoms with Gasteiger partial charge in [-0.15, -0.1) is 0 Å². The van der Waals surface area contributed by atoms with Crippen molar-refractivity contribution in [3.63, 3.8) is 0 Å². The zero-order chi connectivity index (χ0) is 24.3. The largest absolute Gasteiger partial charge is 0.478 e. The minimum atomic E-state index is -1.11. The van der Waals surface area contributed by atoms with Gasteiger partial charge >= 0.3 is 5.97 Å². The van der Waals surface area contributed by atoms with Gasteiger partial charge in [-0.1, -0.05) is 24.6 Å². The second-order valence-corrected chi connectivity index (χ2v) is 9.23. The van der Waals surface area contributed by atoms with Crippen LogP contribution >= 0.6 is 0 Å². The number of amides is 2. The fourth-order valence-electron chi connectivity index (χ4n) is 5.21. The van der Waals surface area contributed by atoms with Crippen molar-refractivity contribution in [2.75, 3.05) is 36.4 Å². The molecule has 0 saturated carbocycles. The van der Waals surface area contributed by atoms with Crippen molar-refractivity contribution in [2.24, 2.45) is 5.73 Å². The number of carboxylic acid groups (broad SMARTS) is 1. The maximum atomic E-state index is 12.7. The molecule has 2 heterocycles. The number of carboxylic acids is 1. The minimum Gasteiger partial charge on any atom is -0.478 e. The van der Waals surface area contributed by atoms with E-state index in [1.54, 1.807) is 24.3 Å². The summed E-state index contributed by atoms with van der Waals surface area (Å²) in [6.45, 7) is 4.83. The van der Waals surface area contributed by atoms with E-state index in [0.717, 1.165) is 37.2 Å². The van der Waals surface area contributed by atoms with Crippen LogP contribution < -0.4 is 16.0 Å². The summed E-state index contributed by atoms with van der Waals surface area (Å²) in [5.74, 6) is -1.73. The van der Waals surface area contributed by atoms with Crippen molar-refractivity contribution in [1.82, 2.24) is 4.90 Å². The quantitative estimate of drug-likeness (QED) is 0.604. The number of aromatic carboxylic acids is 1. The summed E-state index contributed by atoms with van der Waals surface area (Å²) >= 11 is 0. The van der Waals surface area contributed by atoms with E-state index in [2.05, 4.69) is 15.1 Å². The summed E-state index contributed by atoms with van der Waals surface area (Å²) in [5.41, 5.74) is 7.60. The number of aryl methyl sites for hydroxylation is 1. The van der Waals surface area contributed by atoms with Crippen molar-refractivity contribution in [3.8, 4) is 0 Å². The molecular weight excluding hydrogens is 432 g/mol. The van der Waals surface area contributed by atoms with Crippen molar-refractivity contribution in [1.29, 1.82) is 0 Å². The van der Waals surface area contributed by atoms with Crippen LogP contribution in [0.4, 0.5) is 11.4 Å². The highest BCUT2D eigenvalue weighted by Crippen LogP contribution is 2.34. The first kappa shape index (κ1) is 23.8. The first-order chi connectivity index (χ1) is 16.3. The molecule has 2 aliphatic rings. The molecule has 4 rings (SSSR count). The van der Waals surface area contributed by atoms with E-state index in [-0.39, 0.29) is 23.1 Å². The van der Waals surface area contributed by atoms with Crippen LogP contribution in [0.15, 0.2) is 42.5 Å². The average Bonchev–Trinajstić information content (AvgIpc) is 2.85. The highest BCUT2D eigenvalue weighted by molar-refractivity contribution is 6.08. The molecule has 2 saturated heterocycles. The van der Waals surface area contributed by atoms with Crippen LogP contribution in [0, 0.1) is 6.92 Å². The van der Waals surface area contributed by atoms with Gasteiger partial charge in [0.05, 0.1) is 11.3 Å². The SMILES string of the molecule is Cc1ccccc1C(=O)Nc1ccc(N2CCC(C(N)=O)(N3CCCCC3)CC2)cc1C(=O)O. The van der Waals surface area contributed by atoms with E-state index in [0.29, 0.717) is 31.5 Å². The van der Waals surface area contributed by atoms with Crippen molar-refractivity contribution in [3.05, 3.63) is 59.2 Å². The van der Waals surface area contributed by atoms with Gasteiger partial charge in [0.1, 0.15) is 5.54 Å². The maximum Gasteiger partial charge on any atom is 0.337 e. The highest BCUT2D eigenvalue weighted by Gasteiger charge is 2.45. The summed E-state index contributed by atoms with van der Waals surface area (Å²) in [5, 5.41) is 12.6. The lowest BCUT2D eigenvalue weighted by Crippen LogP contribution is -2.63. The summed E-state index contributed by atoms with van der Waals surface area (Å²) in [4.78, 5) is 41.6. The molecule has 2 aromatic rings. The predicted octanol–water partition coefficient (Wildman–Crippen LogP) is 3.26. The minimum absolute atomic E-state index is 0.0298. The standard InChI is InChI=1S/C26H32N4O4/c1-18-7-3-4-8-20(18)23(31)28-22-10-9-19(17-21(22)24(32)33)29-15-11-26(12-16-29,25(27)34)30-13-5-2-6-14-30/h3-4,7-10,17H,2,5-6,11-16H2,1H3,(H2,27,34)(H,28,31)(H,32,33). The summed E-state index contributed by atoms with van der Waals surface area (Å²) in [7, 11) is 0. The number of nitrogens with two attached hydrogens (primary N) is 1. The Morgan fingerprint density at radius 2 is 1.62 bits per heavy atom. The number of benzene rings is 2. The lowest BCUT2D eigenvalue weighted by atomic mass is 9.83. The molecule has 4 N–H and O–H groups in total. The molecule has 0 aromatic heterocycles. The van der Waals surface area contributed by atoms with Crippen LogP contribution in [-0.4, -0.2) is 59.5 Å². The monoisotopic (exact) mass is 464 g/mol. The van der Waals surface area contributed by atoms with Gasteiger partial charge in [0.15, 0.2) is 0 Å². The number of nitrogens with zero attached hydrogens (tertiary/aromatic N) is 2. The van der Waals surface area contributed by atoms with Gasteiger partial charge < -0.3 is 21.1 Å². The van der Waals surface area contributed by atoms with Gasteiger partial charge in [0.2, 0.25) is 5.91 Å². The zero-order valence-corrected chi connectivity index (χ0v) is 19.5. The van der Waals surface area contributed by atoms with Crippen molar-refractivity contribution >= 4 is 29.2 Å². The topological polar surface area (TPSA) is 116 Å². The average molecular weight is 465 g/mol. The van der Waals surface area contributed by atoms with Crippen molar-refractivity contribution < 1.29 is 19.5 Å². The molecule has 0 bridgehead atoms. The molecule has 2 aliphatic heterocycles. The normalized spacial score (nSPS) is 18.3. The number of hydrogen-bond donors (Lipinski definition) is 3. The first-order valence-electron chi connectivity index (χ1n) is 11.9. The van der Waals surface area contributed by atoms with Crippen LogP contribution in [0.5, 0.6) is 0 Å². The molecule has 0 radical (unpaired) electrons. The van der Waals surface area contributed by atoms with E-state index in [1.807, 2.05) is 25.1 Å². The van der Waals surface area contributed by atoms with Crippen LogP contribution in [0.2, 0.25) is 0 Å². The number of rotatable bonds is 6. The van der Waals surface area contributed by atoms with Crippen LogP contribution in [0.25, 0.3) is 0 Å². The van der Waals surface area contributed by atoms with E-state index in [1.165, 1.54) is 6.42 Å². The molecule has 8 heteroatoms. The third-order valence-electron chi connectivity index (χ3n) is 7.25. The van der Waals surface area contributed by atoms with Crippen LogP contribution in [0.3, 0.4) is 0 Å². The van der Waals surface area contributed by atoms with E-state index in [4.69, 9.17) is 5.73 Å². The molecule has 0 unspecified atom stereocenters. The Balaban J connectivity index is 1.51. The Morgan fingerprint density at radius 1 is 0.941 bits per heavy atom. The second-order valence-electron chi connectivity index (χ2n) is 9.23. The zero-order valence-electron chi connectivity index (χ0n) is 19.5. The molecule has 0 aliphatic carbocycles. The van der Waals surface area contributed by atoms with Gasteiger partial charge in [-0.3, -0.25) is 14.5 Å². The Kier molecular flexibility index (Phi) is 6.88. The number of piperidine rings is 2. The first-order valence-corrected chi connectivity index (χ1v) is 11.9. The lowest BCUT2D eigenvalue weighted by molar-refractivity contribution is -0.132. The molecule has 0 spiro atoms. The van der Waals surface area contributed by atoms with E-state index in [9.17, 15) is 19.5 Å². The predicted molar refractivity (Wildman–Crippen MR) is 131 cm³/mol. The van der Waals surface area contributed by atoms with Crippen LogP contribution in [-0.2, 0) is 4.79 Å². The molecular formula is C26H32N4O4.